The maximum absolute atomic E-state index is 13.0. The van der Waals surface area contributed by atoms with Crippen LogP contribution < -0.4 is 14.7 Å². The first-order valence-corrected chi connectivity index (χ1v) is 21.0. The van der Waals surface area contributed by atoms with Gasteiger partial charge in [0, 0.05) is 27.3 Å². The Labute approximate surface area is 291 Å². The van der Waals surface area contributed by atoms with Crippen molar-refractivity contribution in [2.45, 2.75) is 143 Å². The lowest BCUT2D eigenvalue weighted by molar-refractivity contribution is 0.558. The lowest BCUT2D eigenvalue weighted by Gasteiger charge is -2.18. The molecule has 0 amide bonds. The molecule has 0 spiro atoms. The van der Waals surface area contributed by atoms with Crippen LogP contribution in [0.15, 0.2) is 0 Å². The van der Waals surface area contributed by atoms with Gasteiger partial charge in [0.25, 0.3) is 11.9 Å². The van der Waals surface area contributed by atoms with Gasteiger partial charge in [0.15, 0.2) is 11.3 Å². The number of hydrogen-bond donors (Lipinski definition) is 3. The minimum Gasteiger partial charge on any atom is -0.293 e. The van der Waals surface area contributed by atoms with Crippen molar-refractivity contribution < 1.29 is 16.8 Å². The molecule has 49 heavy (non-hydrogen) atoms. The monoisotopic (exact) mass is 720 g/mol. The zero-order chi connectivity index (χ0) is 36.0. The van der Waals surface area contributed by atoms with Gasteiger partial charge in [0.1, 0.15) is 0 Å². The summed E-state index contributed by atoms with van der Waals surface area (Å²) in [5.41, 5.74) is 2.15. The smallest absolute Gasteiger partial charge is 0.259 e. The zero-order valence-electron chi connectivity index (χ0n) is 30.6. The number of H-pyrrole nitrogens is 1. The number of rotatable bonds is 19. The van der Waals surface area contributed by atoms with Gasteiger partial charge in [0.05, 0.1) is 17.2 Å². The Hall–Kier alpha value is -3.27. The molecule has 0 aromatic carbocycles. The first kappa shape index (κ1) is 38.5. The Morgan fingerprint density at radius 1 is 0.653 bits per heavy atom. The predicted octanol–water partition coefficient (Wildman–Crippen LogP) is 5.84. The third-order valence-electron chi connectivity index (χ3n) is 8.51. The average molecular weight is 721 g/mol. The number of sulfonamides is 2. The van der Waals surface area contributed by atoms with E-state index < -0.39 is 30.9 Å². The highest BCUT2D eigenvalue weighted by Crippen LogP contribution is 2.30. The minimum atomic E-state index is -3.66. The van der Waals surface area contributed by atoms with Gasteiger partial charge >= 0.3 is 0 Å². The van der Waals surface area contributed by atoms with Crippen LogP contribution in [0.3, 0.4) is 0 Å². The van der Waals surface area contributed by atoms with Crippen LogP contribution in [0.5, 0.6) is 0 Å². The zero-order valence-corrected chi connectivity index (χ0v) is 32.2. The third kappa shape index (κ3) is 9.92. The Kier molecular flexibility index (Phi) is 12.4. The fourth-order valence-corrected chi connectivity index (χ4v) is 8.03. The molecule has 0 unspecified atom stereocenters. The van der Waals surface area contributed by atoms with E-state index in [1.165, 1.54) is 4.52 Å². The molecule has 4 aromatic heterocycles. The van der Waals surface area contributed by atoms with Crippen LogP contribution in [0, 0.1) is 0 Å². The second kappa shape index (κ2) is 15.7. The lowest BCUT2D eigenvalue weighted by Crippen LogP contribution is -2.23. The summed E-state index contributed by atoms with van der Waals surface area (Å²) < 4.78 is 60.2. The highest BCUT2D eigenvalue weighted by Gasteiger charge is 2.29. The van der Waals surface area contributed by atoms with E-state index in [-0.39, 0.29) is 23.4 Å². The number of nitrogens with one attached hydrogen (secondary N) is 3. The van der Waals surface area contributed by atoms with E-state index >= 15 is 0 Å². The van der Waals surface area contributed by atoms with Crippen molar-refractivity contribution in [1.82, 2.24) is 39.6 Å². The van der Waals surface area contributed by atoms with E-state index in [4.69, 9.17) is 5.10 Å². The predicted molar refractivity (Wildman–Crippen MR) is 196 cm³/mol. The van der Waals surface area contributed by atoms with Gasteiger partial charge in [-0.1, -0.05) is 120 Å². The maximum atomic E-state index is 13.0. The van der Waals surface area contributed by atoms with Gasteiger partial charge < -0.3 is 0 Å². The van der Waals surface area contributed by atoms with Crippen LogP contribution in [0.1, 0.15) is 149 Å². The quantitative estimate of drug-likeness (QED) is 0.100. The number of unbranched alkanes of at least 4 members (excludes halogenated alkanes) is 10. The van der Waals surface area contributed by atoms with E-state index in [0.29, 0.717) is 40.6 Å². The van der Waals surface area contributed by atoms with Crippen molar-refractivity contribution in [3.05, 3.63) is 22.2 Å². The van der Waals surface area contributed by atoms with Crippen molar-refractivity contribution in [2.75, 3.05) is 20.9 Å². The Morgan fingerprint density at radius 2 is 1.14 bits per heavy atom. The number of aromatic nitrogens is 8. The van der Waals surface area contributed by atoms with Crippen LogP contribution in [-0.4, -0.2) is 68.0 Å². The van der Waals surface area contributed by atoms with Crippen LogP contribution >= 0.6 is 0 Å². The Bertz CT molecular complexity index is 1960. The summed E-state index contributed by atoms with van der Waals surface area (Å²) in [5, 5.41) is 25.9. The SMILES string of the molecule is CCCCCCCCS(=O)(=O)Nc1nnc2/c(=C\c3c(C(C)(C)C)[nH]n4c(NS(=O)(=O)CCCCCCCC)nnc34)c(C(C)(C)C)nn12. The van der Waals surface area contributed by atoms with Gasteiger partial charge in [-0.2, -0.15) is 9.61 Å². The van der Waals surface area contributed by atoms with E-state index in [9.17, 15) is 16.8 Å². The van der Waals surface area contributed by atoms with Crippen LogP contribution in [0.25, 0.3) is 17.4 Å². The summed E-state index contributed by atoms with van der Waals surface area (Å²) in [6.07, 6.45) is 13.6. The van der Waals surface area contributed by atoms with Crippen molar-refractivity contribution in [1.29, 1.82) is 0 Å². The van der Waals surface area contributed by atoms with Gasteiger partial charge in [-0.25, -0.2) is 30.8 Å². The lowest BCUT2D eigenvalue weighted by atomic mass is 9.88. The van der Waals surface area contributed by atoms with Gasteiger partial charge in [0.2, 0.25) is 20.0 Å². The highest BCUT2D eigenvalue weighted by molar-refractivity contribution is 7.92. The molecule has 3 N–H and O–H groups in total. The van der Waals surface area contributed by atoms with Crippen molar-refractivity contribution in [3.8, 4) is 0 Å². The number of anilines is 2. The van der Waals surface area contributed by atoms with Crippen molar-refractivity contribution >= 4 is 49.3 Å². The molecule has 0 atom stereocenters. The minimum absolute atomic E-state index is 0.00387. The molecule has 4 heterocycles. The third-order valence-corrected chi connectivity index (χ3v) is 11.1. The molecule has 274 valence electrons. The van der Waals surface area contributed by atoms with E-state index in [0.717, 1.165) is 69.9 Å². The summed E-state index contributed by atoms with van der Waals surface area (Å²) in [6.45, 7) is 16.5. The first-order valence-electron chi connectivity index (χ1n) is 17.7. The molecule has 0 aliphatic heterocycles. The second-order valence-electron chi connectivity index (χ2n) is 15.1. The second-order valence-corrected chi connectivity index (χ2v) is 18.8. The fourth-order valence-electron chi connectivity index (χ4n) is 5.85. The first-order chi connectivity index (χ1) is 23.0. The molecule has 0 bridgehead atoms. The summed E-state index contributed by atoms with van der Waals surface area (Å²) in [7, 11) is -7.31. The highest BCUT2D eigenvalue weighted by atomic mass is 32.2. The topological polar surface area (TPSA) is 181 Å². The standard InChI is InChI=1S/C33H56N10O4S2/c1-9-11-13-15-17-19-21-48(44,45)40-30-36-34-28-24(26(32(3,4)5)38-42(28)30)23-25-27(33(6,7)8)39-43-29(25)35-37-31(43)41-49(46,47)22-20-18-16-14-12-10-2/h23,38H,9-22H2,1-8H3,(H,36,40)(H,37,41)/b25-23-. The summed E-state index contributed by atoms with van der Waals surface area (Å²) in [5.74, 6) is 0.112. The Balaban J connectivity index is 1.69. The molecule has 0 aliphatic rings. The van der Waals surface area contributed by atoms with E-state index in [2.05, 4.69) is 48.8 Å². The van der Waals surface area contributed by atoms with Crippen molar-refractivity contribution in [2.24, 2.45) is 0 Å². The van der Waals surface area contributed by atoms with Crippen LogP contribution in [0.4, 0.5) is 11.9 Å². The van der Waals surface area contributed by atoms with Gasteiger partial charge in [-0.05, 0) is 18.9 Å². The molecule has 4 rings (SSSR count). The number of fused-ring (bicyclic) bond motifs is 2. The normalized spacial score (nSPS) is 13.7. The Morgan fingerprint density at radius 3 is 1.67 bits per heavy atom. The number of aromatic amines is 1. The molecular formula is C33H56N10O4S2. The fraction of sp³-hybridized carbons (Fsp3) is 0.727. The van der Waals surface area contributed by atoms with Gasteiger partial charge in [-0.15, -0.1) is 20.4 Å². The molecule has 0 fully saturated rings. The van der Waals surface area contributed by atoms with Crippen LogP contribution in [0.2, 0.25) is 0 Å². The van der Waals surface area contributed by atoms with E-state index in [1.54, 1.807) is 4.52 Å². The summed E-state index contributed by atoms with van der Waals surface area (Å²) in [4.78, 5) is 0. The largest absolute Gasteiger partial charge is 0.293 e. The van der Waals surface area contributed by atoms with Crippen LogP contribution in [-0.2, 0) is 30.9 Å². The molecular weight excluding hydrogens is 665 g/mol. The van der Waals surface area contributed by atoms with E-state index in [1.807, 2.05) is 47.6 Å². The number of hydrogen-bond acceptors (Lipinski definition) is 9. The molecule has 0 saturated carbocycles. The molecule has 14 nitrogen and oxygen atoms in total. The molecule has 4 aromatic rings. The number of nitrogens with zero attached hydrogens (tertiary/aromatic N) is 7. The molecule has 0 radical (unpaired) electrons. The summed E-state index contributed by atoms with van der Waals surface area (Å²) in [6, 6.07) is 0. The molecule has 16 heteroatoms. The molecule has 0 aliphatic carbocycles. The van der Waals surface area contributed by atoms with Crippen molar-refractivity contribution in [3.63, 3.8) is 0 Å². The average Bonchev–Trinajstić information content (AvgIpc) is 3.75. The molecule has 0 saturated heterocycles. The summed E-state index contributed by atoms with van der Waals surface area (Å²) >= 11 is 0. The maximum Gasteiger partial charge on any atom is 0.259 e. The van der Waals surface area contributed by atoms with Gasteiger partial charge in [-0.3, -0.25) is 5.10 Å².